The van der Waals surface area contributed by atoms with Crippen molar-refractivity contribution in [2.45, 2.75) is 51.6 Å². The first kappa shape index (κ1) is 7.37. The Kier molecular flexibility index (Phi) is 0.991. The Hall–Kier alpha value is -0.0400. The molecule has 0 radical (unpaired) electrons. The van der Waals surface area contributed by atoms with Crippen molar-refractivity contribution in [3.8, 4) is 0 Å². The molecule has 0 aromatic rings. The highest BCUT2D eigenvalue weighted by atomic mass is 16.3. The average molecular weight is 166 g/mol. The van der Waals surface area contributed by atoms with Crippen molar-refractivity contribution in [1.29, 1.82) is 0 Å². The zero-order valence-electron chi connectivity index (χ0n) is 8.06. The van der Waals surface area contributed by atoms with E-state index in [1.165, 1.54) is 25.7 Å². The van der Waals surface area contributed by atoms with E-state index in [9.17, 15) is 5.11 Å². The molecule has 68 valence electrons. The summed E-state index contributed by atoms with van der Waals surface area (Å²) in [6.45, 7) is 4.55. The number of hydrogen-bond donors (Lipinski definition) is 1. The van der Waals surface area contributed by atoms with Crippen LogP contribution in [0.15, 0.2) is 0 Å². The highest BCUT2D eigenvalue weighted by Gasteiger charge is 2.74. The molecule has 2 bridgehead atoms. The van der Waals surface area contributed by atoms with Crippen molar-refractivity contribution in [2.24, 2.45) is 16.7 Å². The van der Waals surface area contributed by atoms with E-state index in [0.29, 0.717) is 5.41 Å². The van der Waals surface area contributed by atoms with Gasteiger partial charge in [-0.1, -0.05) is 13.8 Å². The molecule has 1 heteroatoms. The Morgan fingerprint density at radius 3 is 2.08 bits per heavy atom. The monoisotopic (exact) mass is 166 g/mol. The molecule has 3 aliphatic rings. The molecule has 1 nitrogen and oxygen atoms in total. The van der Waals surface area contributed by atoms with Crippen LogP contribution >= 0.6 is 0 Å². The lowest BCUT2D eigenvalue weighted by Crippen LogP contribution is -2.43. The Balaban J connectivity index is 2.12. The van der Waals surface area contributed by atoms with Crippen LogP contribution in [0, 0.1) is 16.7 Å². The molecule has 0 aliphatic heterocycles. The number of rotatable bonds is 0. The molecule has 3 saturated carbocycles. The SMILES string of the molecule is CC1(C)[C@H]2CC[C@]1(O)C1(CC1)C2. The van der Waals surface area contributed by atoms with Crippen LogP contribution in [0.2, 0.25) is 0 Å². The second kappa shape index (κ2) is 1.61. The fraction of sp³-hybridized carbons (Fsp3) is 1.00. The lowest BCUT2D eigenvalue weighted by molar-refractivity contribution is -0.0751. The topological polar surface area (TPSA) is 20.2 Å². The van der Waals surface area contributed by atoms with Gasteiger partial charge >= 0.3 is 0 Å². The van der Waals surface area contributed by atoms with Crippen LogP contribution < -0.4 is 0 Å². The van der Waals surface area contributed by atoms with Gasteiger partial charge in [-0.05, 0) is 48.9 Å². The van der Waals surface area contributed by atoms with Gasteiger partial charge in [0, 0.05) is 0 Å². The Morgan fingerprint density at radius 1 is 1.17 bits per heavy atom. The van der Waals surface area contributed by atoms with E-state index in [4.69, 9.17) is 0 Å². The van der Waals surface area contributed by atoms with Crippen LogP contribution in [0.3, 0.4) is 0 Å². The highest BCUT2D eigenvalue weighted by Crippen LogP contribution is 2.76. The summed E-state index contributed by atoms with van der Waals surface area (Å²) in [5.41, 5.74) is 0.313. The van der Waals surface area contributed by atoms with Gasteiger partial charge in [0.25, 0.3) is 0 Å². The summed E-state index contributed by atoms with van der Waals surface area (Å²) in [5, 5.41) is 10.7. The molecule has 2 atom stereocenters. The second-order valence-corrected chi connectivity index (χ2v) is 5.80. The smallest absolute Gasteiger partial charge is 0.0757 e. The molecule has 1 N–H and O–H groups in total. The van der Waals surface area contributed by atoms with E-state index < -0.39 is 0 Å². The van der Waals surface area contributed by atoms with Gasteiger partial charge in [0.1, 0.15) is 0 Å². The standard InChI is InChI=1S/C11H18O/c1-9(2)8-3-4-11(9,12)10(7-8)5-6-10/h8,12H,3-7H2,1-2H3/t8-,11+/m0/s1. The van der Waals surface area contributed by atoms with Crippen LogP contribution in [0.4, 0.5) is 0 Å². The lowest BCUT2D eigenvalue weighted by atomic mass is 9.74. The largest absolute Gasteiger partial charge is 0.389 e. The maximum atomic E-state index is 10.7. The molecular formula is C11H18O. The summed E-state index contributed by atoms with van der Waals surface area (Å²) in [4.78, 5) is 0. The van der Waals surface area contributed by atoms with Crippen molar-refractivity contribution >= 4 is 0 Å². The Morgan fingerprint density at radius 2 is 1.83 bits per heavy atom. The number of aliphatic hydroxyl groups is 1. The van der Waals surface area contributed by atoms with Gasteiger partial charge in [0.05, 0.1) is 5.60 Å². The summed E-state index contributed by atoms with van der Waals surface area (Å²) >= 11 is 0. The first-order valence-corrected chi connectivity index (χ1v) is 5.24. The fourth-order valence-corrected chi connectivity index (χ4v) is 4.12. The van der Waals surface area contributed by atoms with Gasteiger partial charge in [0.15, 0.2) is 0 Å². The Bertz CT molecular complexity index is 239. The minimum atomic E-state index is -0.287. The molecule has 1 spiro atoms. The van der Waals surface area contributed by atoms with Crippen molar-refractivity contribution in [3.63, 3.8) is 0 Å². The molecule has 0 unspecified atom stereocenters. The van der Waals surface area contributed by atoms with E-state index in [1.54, 1.807) is 0 Å². The second-order valence-electron chi connectivity index (χ2n) is 5.80. The molecule has 12 heavy (non-hydrogen) atoms. The molecule has 0 aromatic heterocycles. The maximum Gasteiger partial charge on any atom is 0.0757 e. The third-order valence-electron chi connectivity index (χ3n) is 5.31. The van der Waals surface area contributed by atoms with E-state index in [-0.39, 0.29) is 11.0 Å². The van der Waals surface area contributed by atoms with Crippen LogP contribution in [-0.4, -0.2) is 10.7 Å². The number of hydrogen-bond acceptors (Lipinski definition) is 1. The van der Waals surface area contributed by atoms with Crippen LogP contribution in [0.5, 0.6) is 0 Å². The molecule has 3 rings (SSSR count). The zero-order valence-corrected chi connectivity index (χ0v) is 8.06. The summed E-state index contributed by atoms with van der Waals surface area (Å²) < 4.78 is 0. The molecule has 0 heterocycles. The summed E-state index contributed by atoms with van der Waals surface area (Å²) in [6, 6.07) is 0. The molecule has 0 aromatic carbocycles. The molecular weight excluding hydrogens is 148 g/mol. The quantitative estimate of drug-likeness (QED) is 0.585. The normalized spacial score (nSPS) is 51.8. The zero-order chi connectivity index (χ0) is 8.61. The first-order valence-electron chi connectivity index (χ1n) is 5.24. The van der Waals surface area contributed by atoms with Gasteiger partial charge in [0.2, 0.25) is 0 Å². The van der Waals surface area contributed by atoms with Crippen molar-refractivity contribution in [2.75, 3.05) is 0 Å². The fourth-order valence-electron chi connectivity index (χ4n) is 4.12. The predicted molar refractivity (Wildman–Crippen MR) is 47.7 cm³/mol. The molecule has 0 saturated heterocycles. The Labute approximate surface area is 74.2 Å². The third kappa shape index (κ3) is 0.501. The van der Waals surface area contributed by atoms with Crippen molar-refractivity contribution < 1.29 is 5.11 Å². The van der Waals surface area contributed by atoms with E-state index >= 15 is 0 Å². The van der Waals surface area contributed by atoms with Gasteiger partial charge < -0.3 is 5.11 Å². The minimum absolute atomic E-state index is 0.212. The van der Waals surface area contributed by atoms with Gasteiger partial charge in [-0.15, -0.1) is 0 Å². The molecule has 3 aliphatic carbocycles. The van der Waals surface area contributed by atoms with Crippen LogP contribution in [0.1, 0.15) is 46.0 Å². The van der Waals surface area contributed by atoms with E-state index in [0.717, 1.165) is 12.3 Å². The molecule has 3 fully saturated rings. The van der Waals surface area contributed by atoms with Gasteiger partial charge in [-0.3, -0.25) is 0 Å². The van der Waals surface area contributed by atoms with Crippen LogP contribution in [0.25, 0.3) is 0 Å². The molecule has 0 amide bonds. The van der Waals surface area contributed by atoms with Gasteiger partial charge in [-0.25, -0.2) is 0 Å². The number of fused-ring (bicyclic) bond motifs is 3. The summed E-state index contributed by atoms with van der Waals surface area (Å²) in [7, 11) is 0. The van der Waals surface area contributed by atoms with Crippen molar-refractivity contribution in [3.05, 3.63) is 0 Å². The summed E-state index contributed by atoms with van der Waals surface area (Å²) in [5.74, 6) is 0.810. The maximum absolute atomic E-state index is 10.7. The van der Waals surface area contributed by atoms with Crippen molar-refractivity contribution in [1.82, 2.24) is 0 Å². The summed E-state index contributed by atoms with van der Waals surface area (Å²) in [6.07, 6.45) is 6.25. The lowest BCUT2D eigenvalue weighted by Gasteiger charge is -2.37. The van der Waals surface area contributed by atoms with E-state index in [1.807, 2.05) is 0 Å². The minimum Gasteiger partial charge on any atom is -0.389 e. The average Bonchev–Trinajstić information content (AvgIpc) is 2.69. The highest BCUT2D eigenvalue weighted by molar-refractivity contribution is 5.24. The van der Waals surface area contributed by atoms with Gasteiger partial charge in [-0.2, -0.15) is 0 Å². The first-order chi connectivity index (χ1) is 5.52. The van der Waals surface area contributed by atoms with E-state index in [2.05, 4.69) is 13.8 Å². The van der Waals surface area contributed by atoms with Crippen LogP contribution in [-0.2, 0) is 0 Å². The third-order valence-corrected chi connectivity index (χ3v) is 5.31. The predicted octanol–water partition coefficient (Wildman–Crippen LogP) is 2.34.